The third-order valence-corrected chi connectivity index (χ3v) is 5.89. The van der Waals surface area contributed by atoms with E-state index >= 15 is 0 Å². The van der Waals surface area contributed by atoms with E-state index in [0.29, 0.717) is 29.7 Å². The van der Waals surface area contributed by atoms with Crippen LogP contribution in [0.25, 0.3) is 0 Å². The molecule has 1 fully saturated rings. The van der Waals surface area contributed by atoms with Gasteiger partial charge in [0, 0.05) is 0 Å². The van der Waals surface area contributed by atoms with Crippen LogP contribution in [0, 0.1) is 3.57 Å². The van der Waals surface area contributed by atoms with Gasteiger partial charge in [0.1, 0.15) is 0 Å². The van der Waals surface area contributed by atoms with Crippen LogP contribution in [0.2, 0.25) is 0 Å². The van der Waals surface area contributed by atoms with Crippen molar-refractivity contribution in [2.75, 3.05) is 51.4 Å². The van der Waals surface area contributed by atoms with E-state index in [-0.39, 0.29) is 5.97 Å². The molecular weight excluding hydrogens is 465 g/mol. The van der Waals surface area contributed by atoms with E-state index in [2.05, 4.69) is 21.9 Å². The van der Waals surface area contributed by atoms with E-state index in [1.807, 2.05) is 20.0 Å². The second-order valence-corrected chi connectivity index (χ2v) is 8.94. The second-order valence-electron chi connectivity index (χ2n) is 6.34. The number of benzene rings is 1. The summed E-state index contributed by atoms with van der Waals surface area (Å²) in [6.45, 7) is 6.86. The Morgan fingerprint density at radius 3 is 2.74 bits per heavy atom. The van der Waals surface area contributed by atoms with Crippen molar-refractivity contribution in [3.63, 3.8) is 0 Å². The number of morpholine rings is 1. The molecule has 1 heterocycles. The van der Waals surface area contributed by atoms with E-state index in [9.17, 15) is 4.79 Å². The van der Waals surface area contributed by atoms with Crippen molar-refractivity contribution >= 4 is 11.7 Å². The molecule has 0 amide bonds. The number of rotatable bonds is 10. The number of hydrogen-bond donors (Lipinski definition) is 2. The third-order valence-electron chi connectivity index (χ3n) is 4.23. The van der Waals surface area contributed by atoms with Gasteiger partial charge < -0.3 is 0 Å². The maximum absolute atomic E-state index is 11.5. The molecule has 9 heteroatoms. The Morgan fingerprint density at radius 2 is 2.07 bits per heavy atom. The van der Waals surface area contributed by atoms with Crippen molar-refractivity contribution in [2.45, 2.75) is 26.3 Å². The molecule has 0 spiro atoms. The summed E-state index contributed by atoms with van der Waals surface area (Å²) in [4.78, 5) is 16.0. The van der Waals surface area contributed by atoms with Gasteiger partial charge in [0.15, 0.2) is 0 Å². The van der Waals surface area contributed by atoms with Crippen LogP contribution in [0.1, 0.15) is 25.3 Å². The summed E-state index contributed by atoms with van der Waals surface area (Å²) < 4.78 is 11.7. The molecule has 2 N–H and O–H groups in total. The Morgan fingerprint density at radius 1 is 1.33 bits per heavy atom. The van der Waals surface area contributed by atoms with Crippen molar-refractivity contribution in [2.24, 2.45) is 0 Å². The van der Waals surface area contributed by atoms with Gasteiger partial charge in [-0.3, -0.25) is 0 Å². The van der Waals surface area contributed by atoms with Gasteiger partial charge in [0.25, 0.3) is 0 Å². The van der Waals surface area contributed by atoms with Crippen LogP contribution >= 0.6 is 0 Å². The van der Waals surface area contributed by atoms with Crippen molar-refractivity contribution in [3.8, 4) is 0 Å². The molecule has 1 aromatic rings. The summed E-state index contributed by atoms with van der Waals surface area (Å²) >= 11 is -1.01. The first kappa shape index (κ1) is 22.3. The average Bonchev–Trinajstić information content (AvgIpc) is 2.62. The summed E-state index contributed by atoms with van der Waals surface area (Å²) in [5.74, 6) is -0.155. The Bertz CT molecular complexity index is 596. The first-order valence-electron chi connectivity index (χ1n) is 9.12. The van der Waals surface area contributed by atoms with E-state index in [0.717, 1.165) is 47.4 Å². The van der Waals surface area contributed by atoms with Gasteiger partial charge in [-0.05, 0) is 0 Å². The normalized spacial score (nSPS) is 15.0. The standard InChI is InChI=1S/C18H29IN3O5/c1-3-27-18(23)5-4-8-20(2)14-15-13-16(19-22(24)25)6-7-17(15)21-9-11-26-12-10-21/h6-7,13,24-25H,3-5,8-12,14H2,1-2H3/q-1. The van der Waals surface area contributed by atoms with E-state index in [1.54, 1.807) is 0 Å². The molecule has 0 aliphatic carbocycles. The van der Waals surface area contributed by atoms with Crippen LogP contribution < -0.4 is 26.4 Å². The number of nitrogens with zero attached hydrogens (tertiary/aromatic N) is 3. The summed E-state index contributed by atoms with van der Waals surface area (Å²) in [6.07, 6.45) is 1.17. The molecule has 1 saturated heterocycles. The number of esters is 1. The Labute approximate surface area is 171 Å². The molecule has 8 nitrogen and oxygen atoms in total. The van der Waals surface area contributed by atoms with Crippen molar-refractivity contribution in [1.82, 2.24) is 8.34 Å². The summed E-state index contributed by atoms with van der Waals surface area (Å²) in [7, 11) is 2.03. The zero-order valence-electron chi connectivity index (χ0n) is 15.9. The van der Waals surface area contributed by atoms with Gasteiger partial charge in [-0.2, -0.15) is 0 Å². The number of carbonyl (C=O) groups excluding carboxylic acids is 1. The summed E-state index contributed by atoms with van der Waals surface area (Å²) in [5.41, 5.74) is 2.31. The molecule has 1 aromatic carbocycles. The van der Waals surface area contributed by atoms with Crippen LogP contribution in [0.4, 0.5) is 5.69 Å². The monoisotopic (exact) mass is 494 g/mol. The fourth-order valence-electron chi connectivity index (χ4n) is 3.03. The molecular formula is C18H29IN3O5-. The van der Waals surface area contributed by atoms with Crippen LogP contribution in [0.3, 0.4) is 0 Å². The SMILES string of the molecule is CCOC(=O)CCCN(C)Cc1cc([I-]N(O)O)ccc1N1CCOCC1. The summed E-state index contributed by atoms with van der Waals surface area (Å²) in [5, 5.41) is 18.3. The zero-order valence-corrected chi connectivity index (χ0v) is 18.1. The number of halogens is 1. The first-order valence-corrected chi connectivity index (χ1v) is 11.2. The molecule has 2 rings (SSSR count). The van der Waals surface area contributed by atoms with Crippen molar-refractivity contribution < 1.29 is 46.2 Å². The Kier molecular flexibility index (Phi) is 9.73. The van der Waals surface area contributed by atoms with Gasteiger partial charge in [-0.1, -0.05) is 0 Å². The predicted molar refractivity (Wildman–Crippen MR) is 95.8 cm³/mol. The molecule has 1 aliphatic heterocycles. The van der Waals surface area contributed by atoms with Gasteiger partial charge in [-0.15, -0.1) is 0 Å². The van der Waals surface area contributed by atoms with Crippen molar-refractivity contribution in [1.29, 1.82) is 0 Å². The second kappa shape index (κ2) is 11.8. The molecule has 154 valence electrons. The summed E-state index contributed by atoms with van der Waals surface area (Å²) in [6, 6.07) is 6.08. The van der Waals surface area contributed by atoms with Crippen LogP contribution in [0.5, 0.6) is 0 Å². The van der Waals surface area contributed by atoms with E-state index in [4.69, 9.17) is 19.9 Å². The molecule has 0 unspecified atom stereocenters. The van der Waals surface area contributed by atoms with Gasteiger partial charge in [0.05, 0.1) is 0 Å². The molecule has 0 radical (unpaired) electrons. The number of ether oxygens (including phenoxy) is 2. The minimum absolute atomic E-state index is 0.155. The molecule has 0 aromatic heterocycles. The fourth-order valence-corrected chi connectivity index (χ4v) is 4.38. The Balaban J connectivity index is 2.03. The predicted octanol–water partition coefficient (Wildman–Crippen LogP) is -1.45. The minimum atomic E-state index is -1.01. The number of hydrogen-bond acceptors (Lipinski definition) is 8. The molecule has 0 atom stereocenters. The number of anilines is 1. The molecule has 1 aliphatic rings. The molecule has 0 bridgehead atoms. The quantitative estimate of drug-likeness (QED) is 0.177. The average molecular weight is 494 g/mol. The van der Waals surface area contributed by atoms with E-state index < -0.39 is 21.5 Å². The van der Waals surface area contributed by atoms with Crippen LogP contribution in [0.15, 0.2) is 18.2 Å². The van der Waals surface area contributed by atoms with Crippen LogP contribution in [-0.4, -0.2) is 71.2 Å². The first-order chi connectivity index (χ1) is 13.0. The molecule has 27 heavy (non-hydrogen) atoms. The van der Waals surface area contributed by atoms with Crippen LogP contribution in [-0.2, 0) is 20.8 Å². The van der Waals surface area contributed by atoms with Gasteiger partial charge in [0.2, 0.25) is 0 Å². The maximum atomic E-state index is 11.5. The van der Waals surface area contributed by atoms with Gasteiger partial charge in [-0.25, -0.2) is 0 Å². The van der Waals surface area contributed by atoms with Crippen molar-refractivity contribution in [3.05, 3.63) is 27.3 Å². The zero-order chi connectivity index (χ0) is 19.6. The van der Waals surface area contributed by atoms with Gasteiger partial charge >= 0.3 is 171 Å². The fraction of sp³-hybridized carbons (Fsp3) is 0.611. The topological polar surface area (TPSA) is 85.7 Å². The Hall–Kier alpha value is -0.980. The van der Waals surface area contributed by atoms with E-state index in [1.165, 1.54) is 0 Å². The number of carbonyl (C=O) groups is 1. The molecule has 0 saturated carbocycles. The third kappa shape index (κ3) is 7.88.